The normalized spacial score (nSPS) is 11.2. The van der Waals surface area contributed by atoms with Gasteiger partial charge in [-0.05, 0) is 71.3 Å². The van der Waals surface area contributed by atoms with Gasteiger partial charge in [0.05, 0.1) is 5.69 Å². The summed E-state index contributed by atoms with van der Waals surface area (Å²) in [4.78, 5) is 2.33. The standard InChI is InChI=1S/C36H25NO/c1-4-12-26(13-5-1)33-24-27(28-20-22-32-31-18-10-11-19-35(31)38-36(32)25-28)21-23-34(33)37(29-14-6-2-7-15-29)30-16-8-3-9-17-30/h1-25H. The van der Waals surface area contributed by atoms with E-state index < -0.39 is 0 Å². The Morgan fingerprint density at radius 3 is 1.66 bits per heavy atom. The smallest absolute Gasteiger partial charge is 0.136 e. The molecule has 7 rings (SSSR count). The molecular weight excluding hydrogens is 462 g/mol. The zero-order valence-electron chi connectivity index (χ0n) is 20.8. The van der Waals surface area contributed by atoms with E-state index in [-0.39, 0.29) is 0 Å². The van der Waals surface area contributed by atoms with Crippen LogP contribution >= 0.6 is 0 Å². The molecule has 0 N–H and O–H groups in total. The van der Waals surface area contributed by atoms with E-state index >= 15 is 0 Å². The highest BCUT2D eigenvalue weighted by atomic mass is 16.3. The van der Waals surface area contributed by atoms with E-state index in [1.165, 1.54) is 11.1 Å². The molecule has 6 aromatic carbocycles. The highest BCUT2D eigenvalue weighted by Gasteiger charge is 2.18. The predicted molar refractivity (Wildman–Crippen MR) is 159 cm³/mol. The predicted octanol–water partition coefficient (Wildman–Crippen LogP) is 10.4. The van der Waals surface area contributed by atoms with Crippen LogP contribution in [0.2, 0.25) is 0 Å². The summed E-state index contributed by atoms with van der Waals surface area (Å²) in [6.45, 7) is 0. The molecule has 2 heteroatoms. The van der Waals surface area contributed by atoms with Gasteiger partial charge < -0.3 is 9.32 Å². The fourth-order valence-electron chi connectivity index (χ4n) is 5.25. The van der Waals surface area contributed by atoms with Crippen molar-refractivity contribution in [3.05, 3.63) is 152 Å². The van der Waals surface area contributed by atoms with Crippen molar-refractivity contribution in [1.82, 2.24) is 0 Å². The number of hydrogen-bond donors (Lipinski definition) is 0. The molecule has 0 unspecified atom stereocenters. The minimum absolute atomic E-state index is 0.907. The zero-order chi connectivity index (χ0) is 25.3. The number of nitrogens with zero attached hydrogens (tertiary/aromatic N) is 1. The second-order valence-electron chi connectivity index (χ2n) is 9.41. The lowest BCUT2D eigenvalue weighted by atomic mass is 9.95. The Kier molecular flexibility index (Phi) is 5.49. The number of furan rings is 1. The van der Waals surface area contributed by atoms with Crippen LogP contribution in [0.1, 0.15) is 0 Å². The molecule has 0 radical (unpaired) electrons. The number of fused-ring (bicyclic) bond motifs is 3. The molecule has 0 saturated heterocycles. The molecule has 0 amide bonds. The fourth-order valence-corrected chi connectivity index (χ4v) is 5.25. The monoisotopic (exact) mass is 487 g/mol. The number of benzene rings is 6. The third-order valence-electron chi connectivity index (χ3n) is 7.06. The van der Waals surface area contributed by atoms with Gasteiger partial charge in [-0.2, -0.15) is 0 Å². The van der Waals surface area contributed by atoms with Gasteiger partial charge in [0.2, 0.25) is 0 Å². The second-order valence-corrected chi connectivity index (χ2v) is 9.41. The van der Waals surface area contributed by atoms with Crippen molar-refractivity contribution >= 4 is 39.0 Å². The first-order valence-electron chi connectivity index (χ1n) is 12.9. The summed E-state index contributed by atoms with van der Waals surface area (Å²) < 4.78 is 6.20. The summed E-state index contributed by atoms with van der Waals surface area (Å²) in [6, 6.07) is 53.2. The zero-order valence-corrected chi connectivity index (χ0v) is 20.8. The average Bonchev–Trinajstić information content (AvgIpc) is 3.37. The van der Waals surface area contributed by atoms with Crippen molar-refractivity contribution in [2.24, 2.45) is 0 Å². The van der Waals surface area contributed by atoms with Crippen molar-refractivity contribution in [2.75, 3.05) is 4.90 Å². The van der Waals surface area contributed by atoms with Crippen molar-refractivity contribution in [2.45, 2.75) is 0 Å². The molecule has 0 spiro atoms. The van der Waals surface area contributed by atoms with Gasteiger partial charge >= 0.3 is 0 Å². The van der Waals surface area contributed by atoms with Crippen LogP contribution in [0.3, 0.4) is 0 Å². The number of hydrogen-bond acceptors (Lipinski definition) is 2. The van der Waals surface area contributed by atoms with Crippen molar-refractivity contribution in [3.8, 4) is 22.3 Å². The third kappa shape index (κ3) is 3.93. The highest BCUT2D eigenvalue weighted by Crippen LogP contribution is 2.43. The van der Waals surface area contributed by atoms with E-state index in [9.17, 15) is 0 Å². The molecule has 38 heavy (non-hydrogen) atoms. The summed E-state index contributed by atoms with van der Waals surface area (Å²) in [5.41, 5.74) is 9.81. The van der Waals surface area contributed by atoms with E-state index in [0.29, 0.717) is 0 Å². The summed E-state index contributed by atoms with van der Waals surface area (Å²) in [5.74, 6) is 0. The molecule has 0 fully saturated rings. The first-order valence-corrected chi connectivity index (χ1v) is 12.9. The molecule has 0 aliphatic rings. The Labute approximate surface area is 222 Å². The lowest BCUT2D eigenvalue weighted by Gasteiger charge is -2.28. The molecule has 1 aromatic heterocycles. The van der Waals surface area contributed by atoms with E-state index in [0.717, 1.165) is 50.1 Å². The van der Waals surface area contributed by atoms with Gasteiger partial charge in [-0.1, -0.05) is 97.1 Å². The van der Waals surface area contributed by atoms with Gasteiger partial charge in [0, 0.05) is 27.7 Å². The Bertz CT molecular complexity index is 1820. The van der Waals surface area contributed by atoms with Crippen molar-refractivity contribution in [1.29, 1.82) is 0 Å². The maximum absolute atomic E-state index is 6.20. The average molecular weight is 488 g/mol. The largest absolute Gasteiger partial charge is 0.456 e. The van der Waals surface area contributed by atoms with Crippen molar-refractivity contribution in [3.63, 3.8) is 0 Å². The van der Waals surface area contributed by atoms with Gasteiger partial charge in [-0.15, -0.1) is 0 Å². The topological polar surface area (TPSA) is 16.4 Å². The summed E-state index contributed by atoms with van der Waals surface area (Å²) >= 11 is 0. The molecule has 0 aliphatic carbocycles. The van der Waals surface area contributed by atoms with E-state index in [2.05, 4.69) is 144 Å². The molecule has 1 heterocycles. The molecule has 0 atom stereocenters. The van der Waals surface area contributed by atoms with Crippen LogP contribution in [0.25, 0.3) is 44.2 Å². The summed E-state index contributed by atoms with van der Waals surface area (Å²) in [7, 11) is 0. The second kappa shape index (κ2) is 9.42. The third-order valence-corrected chi connectivity index (χ3v) is 7.06. The van der Waals surface area contributed by atoms with Crippen LogP contribution < -0.4 is 4.90 Å². The Morgan fingerprint density at radius 1 is 0.395 bits per heavy atom. The van der Waals surface area contributed by atoms with Crippen LogP contribution in [0, 0.1) is 0 Å². The molecule has 0 bridgehead atoms. The maximum Gasteiger partial charge on any atom is 0.136 e. The van der Waals surface area contributed by atoms with Crippen LogP contribution in [0.5, 0.6) is 0 Å². The van der Waals surface area contributed by atoms with Gasteiger partial charge in [-0.25, -0.2) is 0 Å². The quantitative estimate of drug-likeness (QED) is 0.240. The minimum Gasteiger partial charge on any atom is -0.456 e. The molecule has 2 nitrogen and oxygen atoms in total. The number of para-hydroxylation sites is 3. The highest BCUT2D eigenvalue weighted by molar-refractivity contribution is 6.06. The van der Waals surface area contributed by atoms with Crippen LogP contribution in [-0.2, 0) is 0 Å². The van der Waals surface area contributed by atoms with Gasteiger partial charge in [-0.3, -0.25) is 0 Å². The number of anilines is 3. The number of rotatable bonds is 5. The van der Waals surface area contributed by atoms with Crippen LogP contribution in [-0.4, -0.2) is 0 Å². The molecule has 0 saturated carbocycles. The Hall–Kier alpha value is -5.08. The van der Waals surface area contributed by atoms with Crippen LogP contribution in [0.4, 0.5) is 17.1 Å². The summed E-state index contributed by atoms with van der Waals surface area (Å²) in [5, 5.41) is 2.29. The van der Waals surface area contributed by atoms with Gasteiger partial charge in [0.1, 0.15) is 11.2 Å². The van der Waals surface area contributed by atoms with E-state index in [4.69, 9.17) is 4.42 Å². The lowest BCUT2D eigenvalue weighted by Crippen LogP contribution is -2.11. The Morgan fingerprint density at radius 2 is 0.947 bits per heavy atom. The minimum atomic E-state index is 0.907. The molecule has 0 aliphatic heterocycles. The first kappa shape index (κ1) is 22.1. The Balaban J connectivity index is 1.42. The lowest BCUT2D eigenvalue weighted by molar-refractivity contribution is 0.669. The summed E-state index contributed by atoms with van der Waals surface area (Å²) in [6.07, 6.45) is 0. The molecule has 7 aromatic rings. The van der Waals surface area contributed by atoms with Crippen LogP contribution in [0.15, 0.2) is 156 Å². The first-order chi connectivity index (χ1) is 18.8. The van der Waals surface area contributed by atoms with E-state index in [1.807, 2.05) is 12.1 Å². The van der Waals surface area contributed by atoms with Gasteiger partial charge in [0.25, 0.3) is 0 Å². The molecular formula is C36H25NO. The van der Waals surface area contributed by atoms with Gasteiger partial charge in [0.15, 0.2) is 0 Å². The fraction of sp³-hybridized carbons (Fsp3) is 0. The molecule has 180 valence electrons. The SMILES string of the molecule is c1ccc(-c2cc(-c3ccc4c(c3)oc3ccccc34)ccc2N(c2ccccc2)c2ccccc2)cc1. The van der Waals surface area contributed by atoms with E-state index in [1.54, 1.807) is 0 Å². The maximum atomic E-state index is 6.20. The van der Waals surface area contributed by atoms with Crippen molar-refractivity contribution < 1.29 is 4.42 Å².